The summed E-state index contributed by atoms with van der Waals surface area (Å²) in [6.45, 7) is 0.651. The van der Waals surface area contributed by atoms with E-state index in [9.17, 15) is 4.79 Å². The summed E-state index contributed by atoms with van der Waals surface area (Å²) in [6, 6.07) is 7.77. The molecule has 0 unspecified atom stereocenters. The standard InChI is InChI=1S/C13H15NO3/c1-17-13(16)5-7-14-6-4-11-8-10(9-15)2-3-12(11)14/h2-4,6,8,15H,5,7,9H2,1H3. The van der Waals surface area contributed by atoms with Gasteiger partial charge in [0.25, 0.3) is 0 Å². The molecule has 0 radical (unpaired) electrons. The van der Waals surface area contributed by atoms with Gasteiger partial charge < -0.3 is 14.4 Å². The quantitative estimate of drug-likeness (QED) is 0.818. The van der Waals surface area contributed by atoms with Crippen molar-refractivity contribution in [2.45, 2.75) is 19.6 Å². The minimum atomic E-state index is -0.209. The number of aromatic nitrogens is 1. The number of aliphatic hydroxyl groups is 1. The van der Waals surface area contributed by atoms with Crippen LogP contribution in [0.15, 0.2) is 30.5 Å². The fourth-order valence-corrected chi connectivity index (χ4v) is 1.86. The molecular formula is C13H15NO3. The van der Waals surface area contributed by atoms with Gasteiger partial charge in [0.15, 0.2) is 0 Å². The SMILES string of the molecule is COC(=O)CCn1ccc2cc(CO)ccc21. The summed E-state index contributed by atoms with van der Waals surface area (Å²) >= 11 is 0. The number of fused-ring (bicyclic) bond motifs is 1. The average Bonchev–Trinajstić information content (AvgIpc) is 2.77. The molecule has 2 rings (SSSR count). The maximum Gasteiger partial charge on any atom is 0.307 e. The number of methoxy groups -OCH3 is 1. The van der Waals surface area contributed by atoms with Gasteiger partial charge in [-0.15, -0.1) is 0 Å². The number of hydrogen-bond acceptors (Lipinski definition) is 3. The first-order valence-electron chi connectivity index (χ1n) is 5.50. The molecule has 90 valence electrons. The van der Waals surface area contributed by atoms with Crippen molar-refractivity contribution in [1.82, 2.24) is 4.57 Å². The molecular weight excluding hydrogens is 218 g/mol. The van der Waals surface area contributed by atoms with Crippen LogP contribution < -0.4 is 0 Å². The number of esters is 1. The number of rotatable bonds is 4. The smallest absolute Gasteiger partial charge is 0.307 e. The fraction of sp³-hybridized carbons (Fsp3) is 0.308. The lowest BCUT2D eigenvalue weighted by Gasteiger charge is -2.05. The van der Waals surface area contributed by atoms with E-state index >= 15 is 0 Å². The summed E-state index contributed by atoms with van der Waals surface area (Å²) in [4.78, 5) is 11.1. The van der Waals surface area contributed by atoms with E-state index in [2.05, 4.69) is 4.74 Å². The highest BCUT2D eigenvalue weighted by Crippen LogP contribution is 2.18. The summed E-state index contributed by atoms with van der Waals surface area (Å²) in [5, 5.41) is 10.1. The number of aryl methyl sites for hydroxylation is 1. The van der Waals surface area contributed by atoms with E-state index in [0.29, 0.717) is 13.0 Å². The minimum absolute atomic E-state index is 0.0449. The molecule has 17 heavy (non-hydrogen) atoms. The second-order valence-electron chi connectivity index (χ2n) is 3.89. The van der Waals surface area contributed by atoms with Crippen LogP contribution >= 0.6 is 0 Å². The topological polar surface area (TPSA) is 51.5 Å². The van der Waals surface area contributed by atoms with Crippen molar-refractivity contribution in [3.05, 3.63) is 36.0 Å². The van der Waals surface area contributed by atoms with Crippen molar-refractivity contribution >= 4 is 16.9 Å². The number of carbonyl (C=O) groups excluding carboxylic acids is 1. The first-order valence-corrected chi connectivity index (χ1v) is 5.50. The summed E-state index contributed by atoms with van der Waals surface area (Å²) in [6.07, 6.45) is 2.30. The van der Waals surface area contributed by atoms with Gasteiger partial charge in [-0.3, -0.25) is 4.79 Å². The first kappa shape index (κ1) is 11.7. The van der Waals surface area contributed by atoms with E-state index in [4.69, 9.17) is 5.11 Å². The fourth-order valence-electron chi connectivity index (χ4n) is 1.86. The molecule has 1 aromatic carbocycles. The Hall–Kier alpha value is -1.81. The maximum absolute atomic E-state index is 11.1. The Balaban J connectivity index is 2.21. The number of ether oxygens (including phenoxy) is 1. The third-order valence-electron chi connectivity index (χ3n) is 2.80. The van der Waals surface area contributed by atoms with E-state index in [1.807, 2.05) is 35.0 Å². The van der Waals surface area contributed by atoms with Gasteiger partial charge in [0.2, 0.25) is 0 Å². The van der Waals surface area contributed by atoms with E-state index in [0.717, 1.165) is 16.5 Å². The molecule has 0 amide bonds. The Labute approximate surface area is 99.4 Å². The first-order chi connectivity index (χ1) is 8.24. The van der Waals surface area contributed by atoms with Crippen LogP contribution in [0.1, 0.15) is 12.0 Å². The zero-order chi connectivity index (χ0) is 12.3. The lowest BCUT2D eigenvalue weighted by molar-refractivity contribution is -0.140. The van der Waals surface area contributed by atoms with Crippen LogP contribution in [0.25, 0.3) is 10.9 Å². The molecule has 0 bridgehead atoms. The summed E-state index contributed by atoms with van der Waals surface area (Å²) in [5.74, 6) is -0.209. The number of aliphatic hydroxyl groups excluding tert-OH is 1. The molecule has 0 aliphatic heterocycles. The molecule has 0 aliphatic carbocycles. The van der Waals surface area contributed by atoms with Gasteiger partial charge in [-0.2, -0.15) is 0 Å². The van der Waals surface area contributed by atoms with E-state index in [-0.39, 0.29) is 12.6 Å². The van der Waals surface area contributed by atoms with Crippen LogP contribution in [-0.2, 0) is 22.7 Å². The maximum atomic E-state index is 11.1. The highest BCUT2D eigenvalue weighted by Gasteiger charge is 2.04. The zero-order valence-electron chi connectivity index (χ0n) is 9.72. The van der Waals surface area contributed by atoms with Crippen LogP contribution in [0, 0.1) is 0 Å². The molecule has 2 aromatic rings. The van der Waals surface area contributed by atoms with Crippen molar-refractivity contribution in [2.24, 2.45) is 0 Å². The van der Waals surface area contributed by atoms with Crippen LogP contribution in [0.3, 0.4) is 0 Å². The number of carbonyl (C=O) groups is 1. The van der Waals surface area contributed by atoms with Gasteiger partial charge in [0, 0.05) is 18.3 Å². The molecule has 1 N–H and O–H groups in total. The van der Waals surface area contributed by atoms with Gasteiger partial charge >= 0.3 is 5.97 Å². The number of benzene rings is 1. The van der Waals surface area contributed by atoms with Gasteiger partial charge in [-0.05, 0) is 29.1 Å². The van der Waals surface area contributed by atoms with E-state index in [1.165, 1.54) is 7.11 Å². The van der Waals surface area contributed by atoms with Crippen molar-refractivity contribution in [3.63, 3.8) is 0 Å². The molecule has 1 aromatic heterocycles. The highest BCUT2D eigenvalue weighted by atomic mass is 16.5. The number of hydrogen-bond donors (Lipinski definition) is 1. The van der Waals surface area contributed by atoms with Gasteiger partial charge in [0.1, 0.15) is 0 Å². The molecule has 4 heteroatoms. The largest absolute Gasteiger partial charge is 0.469 e. The van der Waals surface area contributed by atoms with Gasteiger partial charge in [-0.1, -0.05) is 6.07 Å². The van der Waals surface area contributed by atoms with E-state index < -0.39 is 0 Å². The molecule has 0 fully saturated rings. The zero-order valence-corrected chi connectivity index (χ0v) is 9.72. The number of nitrogens with zero attached hydrogens (tertiary/aromatic N) is 1. The van der Waals surface area contributed by atoms with E-state index in [1.54, 1.807) is 0 Å². The van der Waals surface area contributed by atoms with Crippen molar-refractivity contribution in [1.29, 1.82) is 0 Å². The second kappa shape index (κ2) is 5.01. The third-order valence-corrected chi connectivity index (χ3v) is 2.80. The van der Waals surface area contributed by atoms with Crippen LogP contribution in [-0.4, -0.2) is 22.8 Å². The highest BCUT2D eigenvalue weighted by molar-refractivity contribution is 5.81. The van der Waals surface area contributed by atoms with Crippen LogP contribution in [0.2, 0.25) is 0 Å². The summed E-state index contributed by atoms with van der Waals surface area (Å²) in [5.41, 5.74) is 1.95. The Morgan fingerprint density at radius 2 is 2.24 bits per heavy atom. The molecule has 1 heterocycles. The van der Waals surface area contributed by atoms with Crippen molar-refractivity contribution in [2.75, 3.05) is 7.11 Å². The van der Waals surface area contributed by atoms with Crippen LogP contribution in [0.4, 0.5) is 0 Å². The summed E-state index contributed by atoms with van der Waals surface area (Å²) < 4.78 is 6.62. The predicted octanol–water partition coefficient (Wildman–Crippen LogP) is 1.70. The molecule has 0 spiro atoms. The van der Waals surface area contributed by atoms with Crippen LogP contribution in [0.5, 0.6) is 0 Å². The summed E-state index contributed by atoms with van der Waals surface area (Å²) in [7, 11) is 1.39. The lowest BCUT2D eigenvalue weighted by atomic mass is 10.2. The predicted molar refractivity (Wildman–Crippen MR) is 64.5 cm³/mol. The Bertz CT molecular complexity index is 530. The molecule has 0 atom stereocenters. The third kappa shape index (κ3) is 2.47. The molecule has 0 saturated heterocycles. The Kier molecular flexibility index (Phi) is 3.44. The molecule has 4 nitrogen and oxygen atoms in total. The Morgan fingerprint density at radius 1 is 1.41 bits per heavy atom. The minimum Gasteiger partial charge on any atom is -0.469 e. The normalized spacial score (nSPS) is 10.7. The monoisotopic (exact) mass is 233 g/mol. The molecule has 0 saturated carbocycles. The Morgan fingerprint density at radius 3 is 2.94 bits per heavy atom. The second-order valence-corrected chi connectivity index (χ2v) is 3.89. The van der Waals surface area contributed by atoms with Crippen molar-refractivity contribution < 1.29 is 14.6 Å². The lowest BCUT2D eigenvalue weighted by Crippen LogP contribution is -2.06. The van der Waals surface area contributed by atoms with Crippen molar-refractivity contribution in [3.8, 4) is 0 Å². The van der Waals surface area contributed by atoms with Gasteiger partial charge in [-0.25, -0.2) is 0 Å². The van der Waals surface area contributed by atoms with Gasteiger partial charge in [0.05, 0.1) is 20.1 Å². The average molecular weight is 233 g/mol. The molecule has 0 aliphatic rings.